The fourth-order valence-corrected chi connectivity index (χ4v) is 2.53. The van der Waals surface area contributed by atoms with Gasteiger partial charge in [0, 0.05) is 18.8 Å². The SMILES string of the molecule is CCC1CCN(c2ccc(C(=O)O)cc2C)C1. The lowest BCUT2D eigenvalue weighted by atomic mass is 10.1. The minimum absolute atomic E-state index is 0.373. The molecular formula is C14H19NO2. The molecule has 1 unspecified atom stereocenters. The molecule has 92 valence electrons. The number of carbonyl (C=O) groups is 1. The van der Waals surface area contributed by atoms with Gasteiger partial charge in [-0.25, -0.2) is 4.79 Å². The normalized spacial score (nSPS) is 19.6. The monoisotopic (exact) mass is 233 g/mol. The Balaban J connectivity index is 2.20. The van der Waals surface area contributed by atoms with Gasteiger partial charge >= 0.3 is 5.97 Å². The highest BCUT2D eigenvalue weighted by Gasteiger charge is 2.22. The summed E-state index contributed by atoms with van der Waals surface area (Å²) >= 11 is 0. The second-order valence-corrected chi connectivity index (χ2v) is 4.82. The first-order valence-electron chi connectivity index (χ1n) is 6.20. The number of aromatic carboxylic acids is 1. The van der Waals surface area contributed by atoms with Gasteiger partial charge in [-0.2, -0.15) is 0 Å². The molecule has 1 aromatic carbocycles. The van der Waals surface area contributed by atoms with Crippen LogP contribution in [0.5, 0.6) is 0 Å². The summed E-state index contributed by atoms with van der Waals surface area (Å²) in [5.41, 5.74) is 2.62. The number of carboxylic acids is 1. The summed E-state index contributed by atoms with van der Waals surface area (Å²) in [6.07, 6.45) is 2.47. The molecule has 0 bridgehead atoms. The van der Waals surface area contributed by atoms with Gasteiger partial charge in [-0.3, -0.25) is 0 Å². The third-order valence-corrected chi connectivity index (χ3v) is 3.65. The fourth-order valence-electron chi connectivity index (χ4n) is 2.53. The van der Waals surface area contributed by atoms with Crippen LogP contribution in [-0.2, 0) is 0 Å². The highest BCUT2D eigenvalue weighted by atomic mass is 16.4. The van der Waals surface area contributed by atoms with Crippen molar-refractivity contribution in [2.45, 2.75) is 26.7 Å². The molecule has 1 fully saturated rings. The van der Waals surface area contributed by atoms with Gasteiger partial charge in [-0.05, 0) is 43.0 Å². The Morgan fingerprint density at radius 3 is 2.82 bits per heavy atom. The molecule has 1 saturated heterocycles. The number of hydrogen-bond donors (Lipinski definition) is 1. The molecule has 3 nitrogen and oxygen atoms in total. The topological polar surface area (TPSA) is 40.5 Å². The minimum atomic E-state index is -0.854. The molecule has 0 aromatic heterocycles. The first kappa shape index (κ1) is 12.0. The van der Waals surface area contributed by atoms with Crippen molar-refractivity contribution in [1.29, 1.82) is 0 Å². The average molecular weight is 233 g/mol. The Morgan fingerprint density at radius 2 is 2.29 bits per heavy atom. The number of hydrogen-bond acceptors (Lipinski definition) is 2. The zero-order chi connectivity index (χ0) is 12.4. The van der Waals surface area contributed by atoms with Crippen LogP contribution in [0.15, 0.2) is 18.2 Å². The van der Waals surface area contributed by atoms with Crippen molar-refractivity contribution in [3.63, 3.8) is 0 Å². The van der Waals surface area contributed by atoms with Gasteiger partial charge in [0.1, 0.15) is 0 Å². The summed E-state index contributed by atoms with van der Waals surface area (Å²) < 4.78 is 0. The Labute approximate surface area is 102 Å². The van der Waals surface area contributed by atoms with E-state index in [-0.39, 0.29) is 0 Å². The van der Waals surface area contributed by atoms with Crippen molar-refractivity contribution in [3.05, 3.63) is 29.3 Å². The maximum absolute atomic E-state index is 10.9. The predicted molar refractivity (Wildman–Crippen MR) is 68.7 cm³/mol. The van der Waals surface area contributed by atoms with Crippen LogP contribution in [0.3, 0.4) is 0 Å². The van der Waals surface area contributed by atoms with Gasteiger partial charge in [-0.1, -0.05) is 13.3 Å². The van der Waals surface area contributed by atoms with Crippen molar-refractivity contribution in [2.24, 2.45) is 5.92 Å². The third kappa shape index (κ3) is 2.43. The molecule has 1 aliphatic rings. The summed E-state index contributed by atoms with van der Waals surface area (Å²) in [4.78, 5) is 13.2. The fraction of sp³-hybridized carbons (Fsp3) is 0.500. The van der Waals surface area contributed by atoms with Gasteiger partial charge in [0.05, 0.1) is 5.56 Å². The number of nitrogens with zero attached hydrogens (tertiary/aromatic N) is 1. The average Bonchev–Trinajstić information content (AvgIpc) is 2.77. The van der Waals surface area contributed by atoms with E-state index >= 15 is 0 Å². The lowest BCUT2D eigenvalue weighted by Gasteiger charge is -2.21. The Bertz CT molecular complexity index is 428. The molecule has 0 aliphatic carbocycles. The van der Waals surface area contributed by atoms with E-state index in [1.807, 2.05) is 13.0 Å². The molecule has 2 rings (SSSR count). The quantitative estimate of drug-likeness (QED) is 0.872. The van der Waals surface area contributed by atoms with Crippen LogP contribution in [0.2, 0.25) is 0 Å². The van der Waals surface area contributed by atoms with E-state index in [9.17, 15) is 4.79 Å². The summed E-state index contributed by atoms with van der Waals surface area (Å²) in [7, 11) is 0. The maximum Gasteiger partial charge on any atom is 0.335 e. The highest BCUT2D eigenvalue weighted by Crippen LogP contribution is 2.28. The Kier molecular flexibility index (Phi) is 3.36. The van der Waals surface area contributed by atoms with Crippen molar-refractivity contribution in [1.82, 2.24) is 0 Å². The van der Waals surface area contributed by atoms with E-state index in [1.165, 1.54) is 18.5 Å². The predicted octanol–water partition coefficient (Wildman–Crippen LogP) is 2.93. The van der Waals surface area contributed by atoms with Crippen LogP contribution < -0.4 is 4.90 Å². The largest absolute Gasteiger partial charge is 0.478 e. The molecule has 1 N–H and O–H groups in total. The molecular weight excluding hydrogens is 214 g/mol. The number of rotatable bonds is 3. The van der Waals surface area contributed by atoms with Gasteiger partial charge in [-0.15, -0.1) is 0 Å². The van der Waals surface area contributed by atoms with Crippen molar-refractivity contribution in [2.75, 3.05) is 18.0 Å². The van der Waals surface area contributed by atoms with Crippen LogP contribution >= 0.6 is 0 Å². The first-order valence-corrected chi connectivity index (χ1v) is 6.20. The molecule has 3 heteroatoms. The van der Waals surface area contributed by atoms with E-state index in [1.54, 1.807) is 12.1 Å². The molecule has 0 saturated carbocycles. The van der Waals surface area contributed by atoms with Crippen molar-refractivity contribution in [3.8, 4) is 0 Å². The lowest BCUT2D eigenvalue weighted by molar-refractivity contribution is 0.0697. The zero-order valence-electron chi connectivity index (χ0n) is 10.4. The van der Waals surface area contributed by atoms with Gasteiger partial charge in [0.25, 0.3) is 0 Å². The molecule has 1 atom stereocenters. The van der Waals surface area contributed by atoms with Gasteiger partial charge in [0.2, 0.25) is 0 Å². The molecule has 1 aliphatic heterocycles. The summed E-state index contributed by atoms with van der Waals surface area (Å²) in [6.45, 7) is 6.41. The van der Waals surface area contributed by atoms with Crippen molar-refractivity contribution < 1.29 is 9.90 Å². The molecule has 1 heterocycles. The Hall–Kier alpha value is -1.51. The van der Waals surface area contributed by atoms with E-state index in [0.717, 1.165) is 24.6 Å². The van der Waals surface area contributed by atoms with Crippen LogP contribution in [-0.4, -0.2) is 24.2 Å². The van der Waals surface area contributed by atoms with Crippen LogP contribution in [0.25, 0.3) is 0 Å². The number of anilines is 1. The zero-order valence-corrected chi connectivity index (χ0v) is 10.4. The molecule has 17 heavy (non-hydrogen) atoms. The second kappa shape index (κ2) is 4.78. The Morgan fingerprint density at radius 1 is 1.53 bits per heavy atom. The number of benzene rings is 1. The minimum Gasteiger partial charge on any atom is -0.478 e. The number of aryl methyl sites for hydroxylation is 1. The summed E-state index contributed by atoms with van der Waals surface area (Å²) in [5, 5.41) is 8.93. The smallest absolute Gasteiger partial charge is 0.335 e. The third-order valence-electron chi connectivity index (χ3n) is 3.65. The van der Waals surface area contributed by atoms with E-state index in [4.69, 9.17) is 5.11 Å². The number of carboxylic acid groups (broad SMARTS) is 1. The van der Waals surface area contributed by atoms with E-state index in [0.29, 0.717) is 5.56 Å². The molecule has 0 spiro atoms. The molecule has 1 aromatic rings. The summed E-state index contributed by atoms with van der Waals surface area (Å²) in [6, 6.07) is 5.40. The van der Waals surface area contributed by atoms with Crippen LogP contribution in [0, 0.1) is 12.8 Å². The highest BCUT2D eigenvalue weighted by molar-refractivity contribution is 5.88. The van der Waals surface area contributed by atoms with E-state index in [2.05, 4.69) is 11.8 Å². The standard InChI is InChI=1S/C14H19NO2/c1-3-11-6-7-15(9-11)13-5-4-12(14(16)17)8-10(13)2/h4-5,8,11H,3,6-7,9H2,1-2H3,(H,16,17). The maximum atomic E-state index is 10.9. The van der Waals surface area contributed by atoms with E-state index < -0.39 is 5.97 Å². The van der Waals surface area contributed by atoms with Gasteiger partial charge in [0.15, 0.2) is 0 Å². The first-order chi connectivity index (χ1) is 8.11. The van der Waals surface area contributed by atoms with Crippen LogP contribution in [0.4, 0.5) is 5.69 Å². The summed E-state index contributed by atoms with van der Waals surface area (Å²) in [5.74, 6) is -0.0685. The second-order valence-electron chi connectivity index (χ2n) is 4.82. The van der Waals surface area contributed by atoms with Crippen LogP contribution in [0.1, 0.15) is 35.7 Å². The lowest BCUT2D eigenvalue weighted by Crippen LogP contribution is -2.20. The molecule has 0 amide bonds. The van der Waals surface area contributed by atoms with Gasteiger partial charge < -0.3 is 10.0 Å². The van der Waals surface area contributed by atoms with Crippen molar-refractivity contribution >= 4 is 11.7 Å². The molecule has 0 radical (unpaired) electrons.